The van der Waals surface area contributed by atoms with Crippen molar-refractivity contribution in [3.63, 3.8) is 0 Å². The van der Waals surface area contributed by atoms with Crippen LogP contribution in [0.3, 0.4) is 0 Å². The molecule has 1 aromatic rings. The number of nitrogen functional groups attached to an aromatic ring is 1. The Morgan fingerprint density at radius 3 is 2.78 bits per heavy atom. The van der Waals surface area contributed by atoms with Crippen molar-refractivity contribution < 1.29 is 0 Å². The summed E-state index contributed by atoms with van der Waals surface area (Å²) >= 11 is 0. The minimum atomic E-state index is 0.572. The molecule has 0 aliphatic carbocycles. The minimum absolute atomic E-state index is 0.572. The fourth-order valence-electron chi connectivity index (χ4n) is 2.85. The number of rotatable bonds is 2. The maximum Gasteiger partial charge on any atom is 0.0603 e. The fraction of sp³-hybridized carbons (Fsp3) is 0.600. The molecule has 1 saturated heterocycles. The zero-order valence-electron chi connectivity index (χ0n) is 11.8. The van der Waals surface area contributed by atoms with Gasteiger partial charge < -0.3 is 15.5 Å². The molecule has 1 heterocycles. The first-order chi connectivity index (χ1) is 8.61. The van der Waals surface area contributed by atoms with Gasteiger partial charge in [0.25, 0.3) is 0 Å². The van der Waals surface area contributed by atoms with E-state index in [1.165, 1.54) is 24.2 Å². The Labute approximate surface area is 111 Å². The molecule has 0 bridgehead atoms. The average Bonchev–Trinajstić information content (AvgIpc) is 2.51. The number of hydrogen-bond acceptors (Lipinski definition) is 3. The molecular weight excluding hydrogens is 222 g/mol. The van der Waals surface area contributed by atoms with Crippen LogP contribution in [-0.2, 0) is 0 Å². The molecule has 1 unspecified atom stereocenters. The summed E-state index contributed by atoms with van der Waals surface area (Å²) in [5, 5.41) is 0. The maximum atomic E-state index is 6.20. The van der Waals surface area contributed by atoms with E-state index in [2.05, 4.69) is 48.9 Å². The molecule has 2 rings (SSSR count). The number of likely N-dealkylation sites (N-methyl/N-ethyl adjacent to an activating group) is 1. The third-order valence-corrected chi connectivity index (χ3v) is 3.87. The van der Waals surface area contributed by atoms with Gasteiger partial charge in [0.05, 0.1) is 11.4 Å². The average molecular weight is 247 g/mol. The number of nitrogens with zero attached hydrogens (tertiary/aromatic N) is 2. The summed E-state index contributed by atoms with van der Waals surface area (Å²) in [4.78, 5) is 4.93. The molecular formula is C15H25N3. The second-order valence-corrected chi connectivity index (χ2v) is 5.43. The van der Waals surface area contributed by atoms with E-state index in [-0.39, 0.29) is 0 Å². The number of hydrogen-bond donors (Lipinski definition) is 1. The Kier molecular flexibility index (Phi) is 4.12. The van der Waals surface area contributed by atoms with Crippen molar-refractivity contribution in [2.75, 3.05) is 37.3 Å². The zero-order chi connectivity index (χ0) is 13.1. The number of aryl methyl sites for hydroxylation is 1. The number of nitrogens with two attached hydrogens (primary N) is 1. The van der Waals surface area contributed by atoms with E-state index in [1.54, 1.807) is 0 Å². The van der Waals surface area contributed by atoms with Gasteiger partial charge in [0.1, 0.15) is 0 Å². The van der Waals surface area contributed by atoms with Gasteiger partial charge in [-0.15, -0.1) is 0 Å². The highest BCUT2D eigenvalue weighted by Gasteiger charge is 2.23. The molecule has 1 fully saturated rings. The zero-order valence-corrected chi connectivity index (χ0v) is 11.8. The molecule has 1 aliphatic heterocycles. The summed E-state index contributed by atoms with van der Waals surface area (Å²) in [6.07, 6.45) is 2.37. The van der Waals surface area contributed by atoms with E-state index in [9.17, 15) is 0 Å². The van der Waals surface area contributed by atoms with Crippen molar-refractivity contribution in [2.24, 2.45) is 0 Å². The maximum absolute atomic E-state index is 6.20. The normalized spacial score (nSPS) is 21.9. The molecule has 3 heteroatoms. The van der Waals surface area contributed by atoms with E-state index >= 15 is 0 Å². The van der Waals surface area contributed by atoms with Crippen LogP contribution >= 0.6 is 0 Å². The van der Waals surface area contributed by atoms with Gasteiger partial charge in [-0.3, -0.25) is 0 Å². The molecule has 0 aromatic heterocycles. The molecule has 1 aromatic carbocycles. The van der Waals surface area contributed by atoms with Gasteiger partial charge in [0.15, 0.2) is 0 Å². The Balaban J connectivity index is 2.28. The Bertz CT molecular complexity index is 403. The third kappa shape index (κ3) is 2.78. The second kappa shape index (κ2) is 5.61. The van der Waals surface area contributed by atoms with Crippen LogP contribution in [0.5, 0.6) is 0 Å². The molecule has 100 valence electrons. The Morgan fingerprint density at radius 2 is 2.11 bits per heavy atom. The van der Waals surface area contributed by atoms with Gasteiger partial charge in [0, 0.05) is 19.1 Å². The molecule has 1 aliphatic rings. The lowest BCUT2D eigenvalue weighted by atomic mass is 10.1. The van der Waals surface area contributed by atoms with Crippen LogP contribution in [0, 0.1) is 6.92 Å². The SMILES string of the molecule is CCC1CN(C)CCCN1c1ccc(C)cc1N. The summed E-state index contributed by atoms with van der Waals surface area (Å²) in [5.41, 5.74) is 9.56. The van der Waals surface area contributed by atoms with Gasteiger partial charge in [-0.2, -0.15) is 0 Å². The standard InChI is InChI=1S/C15H25N3/c1-4-13-11-17(3)8-5-9-18(13)15-7-6-12(2)10-14(15)16/h6-7,10,13H,4-5,8-9,11,16H2,1-3H3. The predicted octanol–water partition coefficient (Wildman–Crippen LogP) is 2.50. The van der Waals surface area contributed by atoms with Gasteiger partial charge in [-0.25, -0.2) is 0 Å². The van der Waals surface area contributed by atoms with Crippen molar-refractivity contribution in [1.29, 1.82) is 0 Å². The highest BCUT2D eigenvalue weighted by molar-refractivity contribution is 5.69. The van der Waals surface area contributed by atoms with E-state index in [0.717, 1.165) is 25.2 Å². The van der Waals surface area contributed by atoms with E-state index in [0.29, 0.717) is 6.04 Å². The first kappa shape index (κ1) is 13.2. The lowest BCUT2D eigenvalue weighted by Gasteiger charge is -2.33. The summed E-state index contributed by atoms with van der Waals surface area (Å²) in [6, 6.07) is 6.99. The van der Waals surface area contributed by atoms with Crippen LogP contribution in [0.25, 0.3) is 0 Å². The van der Waals surface area contributed by atoms with Crippen molar-refractivity contribution in [1.82, 2.24) is 4.90 Å². The minimum Gasteiger partial charge on any atom is -0.397 e. The summed E-state index contributed by atoms with van der Waals surface area (Å²) in [6.45, 7) is 7.77. The fourth-order valence-corrected chi connectivity index (χ4v) is 2.85. The Hall–Kier alpha value is -1.22. The van der Waals surface area contributed by atoms with Gasteiger partial charge >= 0.3 is 0 Å². The number of anilines is 2. The van der Waals surface area contributed by atoms with Crippen LogP contribution in [0.4, 0.5) is 11.4 Å². The quantitative estimate of drug-likeness (QED) is 0.815. The summed E-state index contributed by atoms with van der Waals surface area (Å²) in [5.74, 6) is 0. The topological polar surface area (TPSA) is 32.5 Å². The van der Waals surface area contributed by atoms with Gasteiger partial charge in [-0.1, -0.05) is 13.0 Å². The molecule has 0 radical (unpaired) electrons. The molecule has 0 saturated carbocycles. The monoisotopic (exact) mass is 247 g/mol. The van der Waals surface area contributed by atoms with Crippen molar-refractivity contribution in [3.8, 4) is 0 Å². The lowest BCUT2D eigenvalue weighted by Crippen LogP contribution is -2.40. The summed E-state index contributed by atoms with van der Waals surface area (Å²) in [7, 11) is 2.21. The molecule has 18 heavy (non-hydrogen) atoms. The molecule has 0 spiro atoms. The third-order valence-electron chi connectivity index (χ3n) is 3.87. The highest BCUT2D eigenvalue weighted by Crippen LogP contribution is 2.28. The first-order valence-electron chi connectivity index (χ1n) is 6.93. The number of benzene rings is 1. The molecule has 0 amide bonds. The van der Waals surface area contributed by atoms with Gasteiger partial charge in [-0.05, 0) is 51.1 Å². The van der Waals surface area contributed by atoms with Crippen LogP contribution in [0.2, 0.25) is 0 Å². The van der Waals surface area contributed by atoms with Crippen LogP contribution in [0.1, 0.15) is 25.3 Å². The van der Waals surface area contributed by atoms with Crippen LogP contribution < -0.4 is 10.6 Å². The first-order valence-corrected chi connectivity index (χ1v) is 6.93. The smallest absolute Gasteiger partial charge is 0.0603 e. The van der Waals surface area contributed by atoms with Gasteiger partial charge in [0.2, 0.25) is 0 Å². The summed E-state index contributed by atoms with van der Waals surface area (Å²) < 4.78 is 0. The van der Waals surface area contributed by atoms with Crippen molar-refractivity contribution in [3.05, 3.63) is 23.8 Å². The van der Waals surface area contributed by atoms with E-state index in [1.807, 2.05) is 0 Å². The highest BCUT2D eigenvalue weighted by atomic mass is 15.2. The predicted molar refractivity (Wildman–Crippen MR) is 79.1 cm³/mol. The van der Waals surface area contributed by atoms with E-state index in [4.69, 9.17) is 5.73 Å². The molecule has 3 nitrogen and oxygen atoms in total. The van der Waals surface area contributed by atoms with Crippen molar-refractivity contribution in [2.45, 2.75) is 32.7 Å². The second-order valence-electron chi connectivity index (χ2n) is 5.43. The molecule has 1 atom stereocenters. The molecule has 2 N–H and O–H groups in total. The van der Waals surface area contributed by atoms with Crippen molar-refractivity contribution >= 4 is 11.4 Å². The van der Waals surface area contributed by atoms with E-state index < -0.39 is 0 Å². The van der Waals surface area contributed by atoms with Crippen LogP contribution in [0.15, 0.2) is 18.2 Å². The largest absolute Gasteiger partial charge is 0.397 e. The Morgan fingerprint density at radius 1 is 1.33 bits per heavy atom. The lowest BCUT2D eigenvalue weighted by molar-refractivity contribution is 0.328. The van der Waals surface area contributed by atoms with Crippen LogP contribution in [-0.4, -0.2) is 37.6 Å².